The number of benzene rings is 2. The Hall–Kier alpha value is -3.02. The van der Waals surface area contributed by atoms with Gasteiger partial charge in [0, 0.05) is 12.0 Å². The molecule has 0 aliphatic carbocycles. The van der Waals surface area contributed by atoms with Gasteiger partial charge in [-0.3, -0.25) is 4.79 Å². The maximum absolute atomic E-state index is 12.0. The van der Waals surface area contributed by atoms with Crippen molar-refractivity contribution in [3.63, 3.8) is 0 Å². The van der Waals surface area contributed by atoms with E-state index in [0.717, 1.165) is 0 Å². The van der Waals surface area contributed by atoms with Crippen LogP contribution in [0.25, 0.3) is 0 Å². The topological polar surface area (TPSA) is 107 Å². The lowest BCUT2D eigenvalue weighted by atomic mass is 10.0. The monoisotopic (exact) mass is 301 g/mol. The zero-order valence-electron chi connectivity index (χ0n) is 11.6. The number of phenols is 2. The normalized spacial score (nSPS) is 11.6. The Balaban J connectivity index is 2.12. The highest BCUT2D eigenvalue weighted by molar-refractivity contribution is 5.96. The number of carboxylic acids is 1. The molecular formula is C16H15NO5. The molecule has 2 rings (SSSR count). The molecule has 0 aromatic heterocycles. The molecule has 0 saturated carbocycles. The summed E-state index contributed by atoms with van der Waals surface area (Å²) in [4.78, 5) is 23.3. The first-order chi connectivity index (χ1) is 10.5. The van der Waals surface area contributed by atoms with Crippen LogP contribution in [0.2, 0.25) is 0 Å². The predicted octanol–water partition coefficient (Wildman–Crippen LogP) is 1.52. The van der Waals surface area contributed by atoms with Gasteiger partial charge in [0.25, 0.3) is 5.91 Å². The summed E-state index contributed by atoms with van der Waals surface area (Å²) in [5.74, 6) is -2.30. The van der Waals surface area contributed by atoms with Crippen molar-refractivity contribution in [1.82, 2.24) is 5.32 Å². The number of amides is 1. The van der Waals surface area contributed by atoms with Crippen molar-refractivity contribution in [3.8, 4) is 11.5 Å². The lowest BCUT2D eigenvalue weighted by molar-refractivity contribution is -0.139. The molecule has 0 aliphatic heterocycles. The van der Waals surface area contributed by atoms with Crippen LogP contribution < -0.4 is 5.32 Å². The number of hydrogen-bond acceptors (Lipinski definition) is 4. The number of hydrogen-bond donors (Lipinski definition) is 4. The summed E-state index contributed by atoms with van der Waals surface area (Å²) < 4.78 is 0. The van der Waals surface area contributed by atoms with Crippen molar-refractivity contribution in [1.29, 1.82) is 0 Å². The Morgan fingerprint density at radius 1 is 1.00 bits per heavy atom. The first kappa shape index (κ1) is 15.4. The van der Waals surface area contributed by atoms with Crippen LogP contribution in [0.15, 0.2) is 48.5 Å². The van der Waals surface area contributed by atoms with Crippen molar-refractivity contribution in [2.75, 3.05) is 0 Å². The molecule has 6 nitrogen and oxygen atoms in total. The van der Waals surface area contributed by atoms with Crippen molar-refractivity contribution in [2.24, 2.45) is 0 Å². The van der Waals surface area contributed by atoms with Crippen LogP contribution in [-0.2, 0) is 11.2 Å². The van der Waals surface area contributed by atoms with Crippen LogP contribution in [0, 0.1) is 0 Å². The van der Waals surface area contributed by atoms with E-state index in [2.05, 4.69) is 5.32 Å². The van der Waals surface area contributed by atoms with Gasteiger partial charge >= 0.3 is 5.97 Å². The quantitative estimate of drug-likeness (QED) is 0.626. The summed E-state index contributed by atoms with van der Waals surface area (Å²) in [6, 6.07) is 11.2. The molecule has 1 atom stereocenters. The third-order valence-corrected chi connectivity index (χ3v) is 3.12. The van der Waals surface area contributed by atoms with E-state index in [9.17, 15) is 24.9 Å². The number of carboxylic acid groups (broad SMARTS) is 1. The van der Waals surface area contributed by atoms with E-state index in [1.54, 1.807) is 30.3 Å². The number of aromatic hydroxyl groups is 2. The van der Waals surface area contributed by atoms with Gasteiger partial charge in [0.1, 0.15) is 6.04 Å². The number of carbonyl (C=O) groups excluding carboxylic acids is 1. The summed E-state index contributed by atoms with van der Waals surface area (Å²) in [7, 11) is 0. The zero-order valence-corrected chi connectivity index (χ0v) is 11.6. The van der Waals surface area contributed by atoms with Gasteiger partial charge in [0.05, 0.1) is 0 Å². The molecule has 0 aliphatic rings. The van der Waals surface area contributed by atoms with E-state index in [1.807, 2.05) is 0 Å². The van der Waals surface area contributed by atoms with Crippen LogP contribution in [0.5, 0.6) is 11.5 Å². The SMILES string of the molecule is O=C(N[C@@H](Cc1ccc(O)c(O)c1)C(=O)O)c1ccccc1. The van der Waals surface area contributed by atoms with Gasteiger partial charge < -0.3 is 20.6 Å². The minimum atomic E-state index is -1.18. The minimum absolute atomic E-state index is 0.0122. The highest BCUT2D eigenvalue weighted by atomic mass is 16.4. The molecule has 0 fully saturated rings. The van der Waals surface area contributed by atoms with Crippen LogP contribution in [0.1, 0.15) is 15.9 Å². The van der Waals surface area contributed by atoms with Gasteiger partial charge in [-0.05, 0) is 29.8 Å². The van der Waals surface area contributed by atoms with E-state index in [0.29, 0.717) is 11.1 Å². The standard InChI is InChI=1S/C16H15NO5/c18-13-7-6-10(9-14(13)19)8-12(16(21)22)17-15(20)11-4-2-1-3-5-11/h1-7,9,12,18-19H,8H2,(H,17,20)(H,21,22)/t12-/m0/s1. The van der Waals surface area contributed by atoms with Crippen LogP contribution in [0.4, 0.5) is 0 Å². The molecule has 0 saturated heterocycles. The van der Waals surface area contributed by atoms with E-state index < -0.39 is 17.9 Å². The Morgan fingerprint density at radius 3 is 2.27 bits per heavy atom. The summed E-state index contributed by atoms with van der Waals surface area (Å²) in [6.07, 6.45) is -0.0122. The molecule has 4 N–H and O–H groups in total. The summed E-state index contributed by atoms with van der Waals surface area (Å²) in [5.41, 5.74) is 0.846. The smallest absolute Gasteiger partial charge is 0.326 e. The average molecular weight is 301 g/mol. The minimum Gasteiger partial charge on any atom is -0.504 e. The fourth-order valence-corrected chi connectivity index (χ4v) is 1.96. The lowest BCUT2D eigenvalue weighted by Crippen LogP contribution is -2.42. The molecule has 0 spiro atoms. The lowest BCUT2D eigenvalue weighted by Gasteiger charge is -2.15. The van der Waals surface area contributed by atoms with Gasteiger partial charge in [-0.1, -0.05) is 24.3 Å². The van der Waals surface area contributed by atoms with E-state index in [1.165, 1.54) is 18.2 Å². The van der Waals surface area contributed by atoms with E-state index >= 15 is 0 Å². The van der Waals surface area contributed by atoms with Crippen molar-refractivity contribution < 1.29 is 24.9 Å². The molecule has 2 aromatic rings. The number of nitrogens with one attached hydrogen (secondary N) is 1. The van der Waals surface area contributed by atoms with Gasteiger partial charge in [0.2, 0.25) is 0 Å². The highest BCUT2D eigenvalue weighted by Gasteiger charge is 2.21. The van der Waals surface area contributed by atoms with E-state index in [4.69, 9.17) is 0 Å². The molecule has 1 amide bonds. The second-order valence-corrected chi connectivity index (χ2v) is 4.76. The third kappa shape index (κ3) is 3.76. The number of rotatable bonds is 5. The maximum atomic E-state index is 12.0. The first-order valence-electron chi connectivity index (χ1n) is 6.57. The second-order valence-electron chi connectivity index (χ2n) is 4.76. The van der Waals surface area contributed by atoms with Crippen LogP contribution >= 0.6 is 0 Å². The number of phenolic OH excluding ortho intramolecular Hbond substituents is 2. The fraction of sp³-hybridized carbons (Fsp3) is 0.125. The van der Waals surface area contributed by atoms with Gasteiger partial charge in [-0.25, -0.2) is 4.79 Å². The molecule has 0 unspecified atom stereocenters. The molecule has 0 radical (unpaired) electrons. The van der Waals surface area contributed by atoms with Gasteiger partial charge in [-0.15, -0.1) is 0 Å². The fourth-order valence-electron chi connectivity index (χ4n) is 1.96. The summed E-state index contributed by atoms with van der Waals surface area (Å²) in [6.45, 7) is 0. The summed E-state index contributed by atoms with van der Waals surface area (Å²) >= 11 is 0. The maximum Gasteiger partial charge on any atom is 0.326 e. The molecule has 2 aromatic carbocycles. The molecule has 22 heavy (non-hydrogen) atoms. The number of carbonyl (C=O) groups is 2. The average Bonchev–Trinajstić information content (AvgIpc) is 2.51. The Bertz CT molecular complexity index is 684. The molecule has 6 heteroatoms. The predicted molar refractivity (Wildman–Crippen MR) is 78.8 cm³/mol. The van der Waals surface area contributed by atoms with E-state index in [-0.39, 0.29) is 17.9 Å². The van der Waals surface area contributed by atoms with Crippen LogP contribution in [-0.4, -0.2) is 33.2 Å². The number of aliphatic carboxylic acids is 1. The zero-order chi connectivity index (χ0) is 16.1. The highest BCUT2D eigenvalue weighted by Crippen LogP contribution is 2.25. The van der Waals surface area contributed by atoms with Gasteiger partial charge in [0.15, 0.2) is 11.5 Å². The van der Waals surface area contributed by atoms with Crippen molar-refractivity contribution in [2.45, 2.75) is 12.5 Å². The first-order valence-corrected chi connectivity index (χ1v) is 6.57. The second kappa shape index (κ2) is 6.62. The van der Waals surface area contributed by atoms with Crippen LogP contribution in [0.3, 0.4) is 0 Å². The Kier molecular flexibility index (Phi) is 4.63. The molecule has 114 valence electrons. The van der Waals surface area contributed by atoms with Crippen molar-refractivity contribution in [3.05, 3.63) is 59.7 Å². The van der Waals surface area contributed by atoms with Gasteiger partial charge in [-0.2, -0.15) is 0 Å². The summed E-state index contributed by atoms with van der Waals surface area (Å²) in [5, 5.41) is 30.3. The third-order valence-electron chi connectivity index (χ3n) is 3.12. The molecular weight excluding hydrogens is 286 g/mol. The Labute approximate surface area is 126 Å². The molecule has 0 bridgehead atoms. The van der Waals surface area contributed by atoms with Crippen molar-refractivity contribution >= 4 is 11.9 Å². The Morgan fingerprint density at radius 2 is 1.68 bits per heavy atom. The molecule has 0 heterocycles. The largest absolute Gasteiger partial charge is 0.504 e.